The van der Waals surface area contributed by atoms with Gasteiger partial charge >= 0.3 is 0 Å². The molecule has 0 spiro atoms. The second-order valence-electron chi connectivity index (χ2n) is 9.09. The molecule has 6 nitrogen and oxygen atoms in total. The van der Waals surface area contributed by atoms with Crippen LogP contribution in [0.1, 0.15) is 56.7 Å². The maximum Gasteiger partial charge on any atom is 0.232 e. The SMILES string of the molecule is CCCN(CCC)C(=O)CC(=O)NC(Cc1cc(F)cc(F)c1)C(O)CNCc1cccc(CC)c1. The molecule has 36 heavy (non-hydrogen) atoms. The molecule has 2 aromatic carbocycles. The molecule has 0 aliphatic heterocycles. The second kappa shape index (κ2) is 15.3. The van der Waals surface area contributed by atoms with Crippen LogP contribution in [-0.2, 0) is 29.0 Å². The molecule has 2 amide bonds. The Kier molecular flexibility index (Phi) is 12.5. The van der Waals surface area contributed by atoms with Crippen molar-refractivity contribution < 1.29 is 23.5 Å². The van der Waals surface area contributed by atoms with Gasteiger partial charge in [0.1, 0.15) is 18.1 Å². The summed E-state index contributed by atoms with van der Waals surface area (Å²) in [7, 11) is 0. The number of benzene rings is 2. The third-order valence-electron chi connectivity index (χ3n) is 5.92. The van der Waals surface area contributed by atoms with Crippen molar-refractivity contribution in [1.82, 2.24) is 15.5 Å². The first-order valence-electron chi connectivity index (χ1n) is 12.7. The van der Waals surface area contributed by atoms with E-state index in [1.54, 1.807) is 4.90 Å². The van der Waals surface area contributed by atoms with Crippen molar-refractivity contribution in [1.29, 1.82) is 0 Å². The van der Waals surface area contributed by atoms with Gasteiger partial charge in [-0.05, 0) is 54.5 Å². The molecule has 0 bridgehead atoms. The van der Waals surface area contributed by atoms with E-state index in [4.69, 9.17) is 0 Å². The fraction of sp³-hybridized carbons (Fsp3) is 0.500. The average Bonchev–Trinajstić information content (AvgIpc) is 2.83. The Labute approximate surface area is 213 Å². The third-order valence-corrected chi connectivity index (χ3v) is 5.92. The topological polar surface area (TPSA) is 81.7 Å². The van der Waals surface area contributed by atoms with E-state index >= 15 is 0 Å². The second-order valence-corrected chi connectivity index (χ2v) is 9.09. The van der Waals surface area contributed by atoms with Crippen molar-refractivity contribution in [2.45, 2.75) is 71.6 Å². The summed E-state index contributed by atoms with van der Waals surface area (Å²) in [5.41, 5.74) is 2.57. The van der Waals surface area contributed by atoms with E-state index in [1.807, 2.05) is 32.0 Å². The van der Waals surface area contributed by atoms with E-state index in [0.29, 0.717) is 25.2 Å². The number of hydrogen-bond donors (Lipinski definition) is 3. The van der Waals surface area contributed by atoms with Crippen molar-refractivity contribution in [3.05, 3.63) is 70.8 Å². The average molecular weight is 504 g/mol. The van der Waals surface area contributed by atoms with Crippen molar-refractivity contribution in [2.24, 2.45) is 0 Å². The zero-order valence-corrected chi connectivity index (χ0v) is 21.5. The largest absolute Gasteiger partial charge is 0.390 e. The zero-order chi connectivity index (χ0) is 26.5. The van der Waals surface area contributed by atoms with E-state index in [2.05, 4.69) is 23.6 Å². The molecule has 8 heteroatoms. The van der Waals surface area contributed by atoms with Gasteiger partial charge in [-0.1, -0.05) is 45.0 Å². The Morgan fingerprint density at radius 2 is 1.58 bits per heavy atom. The van der Waals surface area contributed by atoms with Gasteiger partial charge < -0.3 is 20.6 Å². The number of nitrogens with one attached hydrogen (secondary N) is 2. The Bertz CT molecular complexity index is 960. The maximum atomic E-state index is 13.7. The minimum absolute atomic E-state index is 0.0103. The lowest BCUT2D eigenvalue weighted by Gasteiger charge is -2.26. The third kappa shape index (κ3) is 10.0. The van der Waals surface area contributed by atoms with Crippen LogP contribution in [-0.4, -0.2) is 53.6 Å². The van der Waals surface area contributed by atoms with Crippen LogP contribution in [0.4, 0.5) is 8.78 Å². The smallest absolute Gasteiger partial charge is 0.232 e. The lowest BCUT2D eigenvalue weighted by Crippen LogP contribution is -2.49. The molecule has 198 valence electrons. The standard InChI is InChI=1S/C28H39F2N3O3/c1-4-10-33(11-5-2)28(36)17-27(35)32-25(15-22-13-23(29)16-24(30)14-22)26(34)19-31-18-21-9-7-8-20(6-3)12-21/h7-9,12-14,16,25-26,31,34H,4-6,10-11,15,17-19H2,1-3H3,(H,32,35). The molecule has 0 radical (unpaired) electrons. The van der Waals surface area contributed by atoms with Crippen LogP contribution in [0.5, 0.6) is 0 Å². The summed E-state index contributed by atoms with van der Waals surface area (Å²) in [6.45, 7) is 7.80. The van der Waals surface area contributed by atoms with Gasteiger partial charge in [-0.15, -0.1) is 0 Å². The quantitative estimate of drug-likeness (QED) is 0.324. The van der Waals surface area contributed by atoms with Gasteiger partial charge in [-0.2, -0.15) is 0 Å². The summed E-state index contributed by atoms with van der Waals surface area (Å²) in [4.78, 5) is 27.0. The number of amides is 2. The summed E-state index contributed by atoms with van der Waals surface area (Å²) in [6.07, 6.45) is 1.10. The first-order valence-corrected chi connectivity index (χ1v) is 12.7. The summed E-state index contributed by atoms with van der Waals surface area (Å²) in [5, 5.41) is 16.8. The monoisotopic (exact) mass is 503 g/mol. The Morgan fingerprint density at radius 3 is 2.19 bits per heavy atom. The molecule has 0 aliphatic rings. The van der Waals surface area contributed by atoms with Gasteiger partial charge in [0, 0.05) is 32.2 Å². The van der Waals surface area contributed by atoms with E-state index in [1.165, 1.54) is 17.7 Å². The molecule has 2 atom stereocenters. The van der Waals surface area contributed by atoms with Crippen molar-refractivity contribution >= 4 is 11.8 Å². The number of carbonyl (C=O) groups excluding carboxylic acids is 2. The van der Waals surface area contributed by atoms with Crippen molar-refractivity contribution in [3.63, 3.8) is 0 Å². The molecule has 0 heterocycles. The number of rotatable bonds is 15. The highest BCUT2D eigenvalue weighted by atomic mass is 19.1. The fourth-order valence-corrected chi connectivity index (χ4v) is 4.14. The highest BCUT2D eigenvalue weighted by Crippen LogP contribution is 2.13. The van der Waals surface area contributed by atoms with E-state index in [9.17, 15) is 23.5 Å². The molecular weight excluding hydrogens is 464 g/mol. The number of aliphatic hydroxyl groups is 1. The lowest BCUT2D eigenvalue weighted by atomic mass is 10.00. The predicted molar refractivity (Wildman–Crippen MR) is 137 cm³/mol. The van der Waals surface area contributed by atoms with Gasteiger partial charge in [0.25, 0.3) is 0 Å². The van der Waals surface area contributed by atoms with Crippen molar-refractivity contribution in [3.8, 4) is 0 Å². The maximum absolute atomic E-state index is 13.7. The van der Waals surface area contributed by atoms with Crippen LogP contribution >= 0.6 is 0 Å². The van der Waals surface area contributed by atoms with Crippen LogP contribution < -0.4 is 10.6 Å². The molecular formula is C28H39F2N3O3. The van der Waals surface area contributed by atoms with Gasteiger partial charge in [-0.25, -0.2) is 8.78 Å². The molecule has 0 saturated heterocycles. The van der Waals surface area contributed by atoms with Gasteiger partial charge in [0.05, 0.1) is 12.1 Å². The van der Waals surface area contributed by atoms with Crippen LogP contribution in [0.3, 0.4) is 0 Å². The molecule has 2 unspecified atom stereocenters. The van der Waals surface area contributed by atoms with E-state index < -0.39 is 29.7 Å². The van der Waals surface area contributed by atoms with Gasteiger partial charge in [0.15, 0.2) is 0 Å². The molecule has 2 aromatic rings. The minimum atomic E-state index is -1.05. The molecule has 0 aromatic heterocycles. The van der Waals surface area contributed by atoms with Crippen LogP contribution in [0, 0.1) is 11.6 Å². The molecule has 0 saturated carbocycles. The summed E-state index contributed by atoms with van der Waals surface area (Å²) < 4.78 is 27.5. The highest BCUT2D eigenvalue weighted by Gasteiger charge is 2.24. The minimum Gasteiger partial charge on any atom is -0.390 e. The molecule has 2 rings (SSSR count). The number of carbonyl (C=O) groups is 2. The number of aryl methyl sites for hydroxylation is 1. The number of hydrogen-bond acceptors (Lipinski definition) is 4. The molecule has 0 fully saturated rings. The van der Waals surface area contributed by atoms with Gasteiger partial charge in [-0.3, -0.25) is 9.59 Å². The Balaban J connectivity index is 2.07. The summed E-state index contributed by atoms with van der Waals surface area (Å²) >= 11 is 0. The number of halogens is 2. The fourth-order valence-electron chi connectivity index (χ4n) is 4.14. The summed E-state index contributed by atoms with van der Waals surface area (Å²) in [5.74, 6) is -2.28. The van der Waals surface area contributed by atoms with Crippen LogP contribution in [0.2, 0.25) is 0 Å². The first-order chi connectivity index (χ1) is 17.2. The Morgan fingerprint density at radius 1 is 0.944 bits per heavy atom. The zero-order valence-electron chi connectivity index (χ0n) is 21.5. The predicted octanol–water partition coefficient (Wildman–Crippen LogP) is 3.74. The Hall–Kier alpha value is -2.84. The number of nitrogens with zero attached hydrogens (tertiary/aromatic N) is 1. The normalized spacial score (nSPS) is 12.7. The lowest BCUT2D eigenvalue weighted by molar-refractivity contribution is -0.136. The first kappa shape index (κ1) is 29.4. The molecule has 3 N–H and O–H groups in total. The van der Waals surface area contributed by atoms with E-state index in [-0.39, 0.29) is 25.3 Å². The number of aliphatic hydroxyl groups excluding tert-OH is 1. The molecule has 0 aliphatic carbocycles. The van der Waals surface area contributed by atoms with Gasteiger partial charge in [0.2, 0.25) is 11.8 Å². The van der Waals surface area contributed by atoms with Crippen LogP contribution in [0.15, 0.2) is 42.5 Å². The van der Waals surface area contributed by atoms with Crippen LogP contribution in [0.25, 0.3) is 0 Å². The van der Waals surface area contributed by atoms with E-state index in [0.717, 1.165) is 30.9 Å². The van der Waals surface area contributed by atoms with Crippen molar-refractivity contribution in [2.75, 3.05) is 19.6 Å². The summed E-state index contributed by atoms with van der Waals surface area (Å²) in [6, 6.07) is 10.4. The highest BCUT2D eigenvalue weighted by molar-refractivity contribution is 5.97.